The first-order valence-corrected chi connectivity index (χ1v) is 50.8. The van der Waals surface area contributed by atoms with Gasteiger partial charge in [-0.05, 0) is 319 Å². The van der Waals surface area contributed by atoms with Gasteiger partial charge in [0.05, 0.1) is 22.4 Å². The van der Waals surface area contributed by atoms with Crippen LogP contribution in [0.3, 0.4) is 0 Å². The Balaban J connectivity index is 0.000000169. The van der Waals surface area contributed by atoms with Crippen molar-refractivity contribution in [3.63, 3.8) is 0 Å². The third-order valence-electron chi connectivity index (χ3n) is 28.0. The molecule has 0 atom stereocenters. The zero-order valence-electron chi connectivity index (χ0n) is 86.4. The molecule has 0 radical (unpaired) electrons. The molecular formula is C137H133N5. The summed E-state index contributed by atoms with van der Waals surface area (Å²) < 4.78 is 4.55. The fourth-order valence-electron chi connectivity index (χ4n) is 19.1. The maximum Gasteiger partial charge on any atom is 0.168 e. The van der Waals surface area contributed by atoms with E-state index in [0.717, 1.165) is 90.8 Å². The van der Waals surface area contributed by atoms with Crippen molar-refractivity contribution in [2.45, 2.75) is 185 Å². The molecule has 0 bridgehead atoms. The summed E-state index contributed by atoms with van der Waals surface area (Å²) in [7, 11) is 0. The topological polar surface area (TPSA) is 48.5 Å². The van der Waals surface area contributed by atoms with Crippen molar-refractivity contribution in [3.8, 4) is 157 Å². The average molecular weight is 1850 g/mol. The standard InChI is InChI=1S/C77H77N.C32H25N.C28H31N3/c1-50-15-19-56(20-16-50)72-48-67(49-73(78-72)57-21-17-51(2)18-22-57)66-46-64(62-41-58(52-23-31-68(32-24-52)74(3,4)5)39-59(42-62)53-25-33-69(34-26-53)75(6,7)8)45-65(47-66)63-43-60(54-27-35-70(36-28-54)76(9,10)11)40-61(44-63)55-29-37-71(38-30-55)77(12,13)14;1-22-8-12-24(13-9-22)26-16-18-31-29(20-26)30-21-27(25-14-10-23(2)11-15-25)17-19-32(30)33(31)28-6-4-3-5-7-28;1-4-5-6-7-8-23-13-19-26(20-14-23)31-27(24-15-9-21(2)10-16-24)29-30-28(31)25-17-11-22(3)12-18-25/h15-49H,1-14H3;3-21H,1-2H3;9-20H,4-8H2,1-3H3. The maximum atomic E-state index is 5.39. The Hall–Kier alpha value is -15.2. The number of unbranched alkanes of at least 4 members (excludes halogenated alkanes) is 3. The zero-order chi connectivity index (χ0) is 99.3. The molecular weight excluding hydrogens is 1720 g/mol. The first-order valence-electron chi connectivity index (χ1n) is 50.8. The predicted octanol–water partition coefficient (Wildman–Crippen LogP) is 38.0. The number of benzene rings is 17. The summed E-state index contributed by atoms with van der Waals surface area (Å²) in [6, 6.07) is 148. The van der Waals surface area contributed by atoms with Gasteiger partial charge in [-0.2, -0.15) is 0 Å². The van der Waals surface area contributed by atoms with Gasteiger partial charge in [-0.15, -0.1) is 10.2 Å². The molecule has 3 heterocycles. The molecule has 0 fully saturated rings. The quantitative estimate of drug-likeness (QED) is 0.0715. The normalized spacial score (nSPS) is 11.8. The Bertz CT molecular complexity index is 7240. The van der Waals surface area contributed by atoms with Gasteiger partial charge < -0.3 is 4.57 Å². The maximum absolute atomic E-state index is 5.39. The van der Waals surface area contributed by atoms with E-state index >= 15 is 0 Å². The van der Waals surface area contributed by atoms with E-state index in [0.29, 0.717) is 0 Å². The van der Waals surface area contributed by atoms with Crippen LogP contribution in [0.25, 0.3) is 179 Å². The van der Waals surface area contributed by atoms with Gasteiger partial charge in [-0.3, -0.25) is 4.57 Å². The number of para-hydroxylation sites is 1. The molecule has 0 saturated heterocycles. The SMILES string of the molecule is CCCCCCc1ccc(-n2c(-c3ccc(C)cc3)nnc2-c2ccc(C)cc2)cc1.Cc1ccc(-c2cc(-c3cc(-c4cc(-c5ccc(C(C)(C)C)cc5)cc(-c5ccc(C(C)(C)C)cc5)c4)cc(-c4cc(-c5ccc(C(C)(C)C)cc5)cc(-c5ccc(C(C)(C)C)cc5)c4)c3)cc(-c3ccc(C)cc3)n2)cc1.Cc1ccc(-c2ccc3c(c2)c2cc(-c4ccc(C)cc4)ccc2n3-c2ccccc2)cc1. The minimum absolute atomic E-state index is 0.0473. The van der Waals surface area contributed by atoms with Crippen LogP contribution >= 0.6 is 0 Å². The van der Waals surface area contributed by atoms with Crippen LogP contribution in [-0.2, 0) is 28.1 Å². The summed E-state index contributed by atoms with van der Waals surface area (Å²) in [5, 5.41) is 11.8. The van der Waals surface area contributed by atoms with E-state index in [1.807, 2.05) is 0 Å². The number of aryl methyl sites for hydroxylation is 7. The molecule has 0 aliphatic heterocycles. The third-order valence-corrected chi connectivity index (χ3v) is 28.0. The van der Waals surface area contributed by atoms with E-state index in [9.17, 15) is 0 Å². The lowest BCUT2D eigenvalue weighted by Gasteiger charge is -2.21. The molecule has 0 N–H and O–H groups in total. The molecule has 0 amide bonds. The predicted molar refractivity (Wildman–Crippen MR) is 608 cm³/mol. The molecule has 20 aromatic rings. The van der Waals surface area contributed by atoms with Crippen LogP contribution in [0.1, 0.15) is 177 Å². The second-order valence-electron chi connectivity index (χ2n) is 43.3. The summed E-state index contributed by atoms with van der Waals surface area (Å²) >= 11 is 0. The molecule has 5 heteroatoms. The van der Waals surface area contributed by atoms with Crippen LogP contribution in [-0.4, -0.2) is 24.3 Å². The van der Waals surface area contributed by atoms with Crippen molar-refractivity contribution < 1.29 is 0 Å². The first-order chi connectivity index (χ1) is 68.2. The number of aromatic nitrogens is 5. The second kappa shape index (κ2) is 41.3. The van der Waals surface area contributed by atoms with E-state index in [1.165, 1.54) is 181 Å². The molecule has 0 aliphatic carbocycles. The average Bonchev–Trinajstić information content (AvgIpc) is 1.58. The van der Waals surface area contributed by atoms with Gasteiger partial charge in [0.2, 0.25) is 0 Å². The lowest BCUT2D eigenvalue weighted by Crippen LogP contribution is -2.10. The Morgan fingerprint density at radius 2 is 0.451 bits per heavy atom. The molecule has 5 nitrogen and oxygen atoms in total. The molecule has 706 valence electrons. The minimum atomic E-state index is 0.0473. The number of fused-ring (bicyclic) bond motifs is 3. The highest BCUT2D eigenvalue weighted by molar-refractivity contribution is 6.12. The lowest BCUT2D eigenvalue weighted by molar-refractivity contribution is 0.590. The summed E-state index contributed by atoms with van der Waals surface area (Å²) in [6.45, 7) is 42.4. The molecule has 17 aromatic carbocycles. The van der Waals surface area contributed by atoms with Crippen molar-refractivity contribution in [1.29, 1.82) is 0 Å². The van der Waals surface area contributed by atoms with E-state index in [-0.39, 0.29) is 21.7 Å². The van der Waals surface area contributed by atoms with Crippen LogP contribution in [0, 0.1) is 41.5 Å². The summed E-state index contributed by atoms with van der Waals surface area (Å²) in [5.74, 6) is 1.73. The lowest BCUT2D eigenvalue weighted by atomic mass is 9.84. The number of rotatable bonds is 20. The Kier molecular flexibility index (Phi) is 28.2. The van der Waals surface area contributed by atoms with Gasteiger partial charge >= 0.3 is 0 Å². The summed E-state index contributed by atoms with van der Waals surface area (Å²) in [4.78, 5) is 5.39. The van der Waals surface area contributed by atoms with Crippen LogP contribution in [0.15, 0.2) is 400 Å². The van der Waals surface area contributed by atoms with Crippen LogP contribution < -0.4 is 0 Å². The molecule has 0 spiro atoms. The highest BCUT2D eigenvalue weighted by atomic mass is 15.3. The molecule has 0 saturated carbocycles. The van der Waals surface area contributed by atoms with Crippen LogP contribution in [0.2, 0.25) is 0 Å². The molecule has 0 aliphatic rings. The monoisotopic (exact) mass is 1850 g/mol. The van der Waals surface area contributed by atoms with Crippen molar-refractivity contribution in [3.05, 3.63) is 462 Å². The molecule has 0 unspecified atom stereocenters. The van der Waals surface area contributed by atoms with Crippen molar-refractivity contribution in [2.24, 2.45) is 0 Å². The number of hydrogen-bond donors (Lipinski definition) is 0. The minimum Gasteiger partial charge on any atom is -0.309 e. The van der Waals surface area contributed by atoms with Gasteiger partial charge in [-0.25, -0.2) is 4.98 Å². The van der Waals surface area contributed by atoms with Crippen molar-refractivity contribution in [1.82, 2.24) is 24.3 Å². The van der Waals surface area contributed by atoms with Crippen LogP contribution in [0.4, 0.5) is 0 Å². The summed E-state index contributed by atoms with van der Waals surface area (Å²) in [5.41, 5.74) is 46.6. The third kappa shape index (κ3) is 22.5. The highest BCUT2D eigenvalue weighted by Gasteiger charge is 2.25. The van der Waals surface area contributed by atoms with Crippen molar-refractivity contribution >= 4 is 21.8 Å². The Morgan fingerprint density at radius 3 is 0.739 bits per heavy atom. The summed E-state index contributed by atoms with van der Waals surface area (Å²) in [6.07, 6.45) is 6.29. The fourth-order valence-corrected chi connectivity index (χ4v) is 19.1. The van der Waals surface area contributed by atoms with Gasteiger partial charge in [0.25, 0.3) is 0 Å². The largest absolute Gasteiger partial charge is 0.309 e. The molecule has 3 aromatic heterocycles. The van der Waals surface area contributed by atoms with E-state index in [4.69, 9.17) is 4.98 Å². The Labute approximate surface area is 843 Å². The zero-order valence-corrected chi connectivity index (χ0v) is 86.4. The Morgan fingerprint density at radius 1 is 0.204 bits per heavy atom. The van der Waals surface area contributed by atoms with Crippen LogP contribution in [0.5, 0.6) is 0 Å². The van der Waals surface area contributed by atoms with Gasteiger partial charge in [0.15, 0.2) is 11.6 Å². The number of nitrogens with zero attached hydrogens (tertiary/aromatic N) is 5. The van der Waals surface area contributed by atoms with E-state index < -0.39 is 0 Å². The van der Waals surface area contributed by atoms with E-state index in [2.05, 4.69) is 551 Å². The van der Waals surface area contributed by atoms with Gasteiger partial charge in [0, 0.05) is 44.4 Å². The molecule has 20 rings (SSSR count). The molecule has 142 heavy (non-hydrogen) atoms. The first kappa shape index (κ1) is 97.1. The fraction of sp³-hybridized carbons (Fsp3) is 0.204. The van der Waals surface area contributed by atoms with Gasteiger partial charge in [-0.1, -0.05) is 428 Å². The highest BCUT2D eigenvalue weighted by Crippen LogP contribution is 2.45. The number of pyridine rings is 1. The van der Waals surface area contributed by atoms with Crippen molar-refractivity contribution in [2.75, 3.05) is 0 Å². The van der Waals surface area contributed by atoms with Gasteiger partial charge in [0.1, 0.15) is 0 Å². The smallest absolute Gasteiger partial charge is 0.168 e. The second-order valence-corrected chi connectivity index (χ2v) is 43.3. The van der Waals surface area contributed by atoms with E-state index in [1.54, 1.807) is 0 Å². The number of hydrogen-bond acceptors (Lipinski definition) is 3.